The van der Waals surface area contributed by atoms with Crippen LogP contribution in [0.25, 0.3) is 0 Å². The first-order valence-corrected chi connectivity index (χ1v) is 7.89. The van der Waals surface area contributed by atoms with Gasteiger partial charge in [-0.1, -0.05) is 30.3 Å². The van der Waals surface area contributed by atoms with E-state index in [0.29, 0.717) is 11.3 Å². The number of para-hydroxylation sites is 1. The highest BCUT2D eigenvalue weighted by Gasteiger charge is 2.20. The molecule has 0 heterocycles. The highest BCUT2D eigenvalue weighted by Crippen LogP contribution is 2.16. The molecule has 0 aliphatic rings. The Balaban J connectivity index is 2.01. The number of esters is 1. The van der Waals surface area contributed by atoms with Crippen molar-refractivity contribution in [2.45, 2.75) is 20.0 Å². The van der Waals surface area contributed by atoms with Crippen LogP contribution in [0, 0.1) is 10.5 Å². The molecule has 2 aromatic rings. The zero-order chi connectivity index (χ0) is 16.1. The van der Waals surface area contributed by atoms with Gasteiger partial charge in [0.05, 0.1) is 5.56 Å². The molecule has 0 bridgehead atoms. The van der Waals surface area contributed by atoms with Crippen molar-refractivity contribution in [3.8, 4) is 0 Å². The van der Waals surface area contributed by atoms with E-state index in [1.807, 2.05) is 43.3 Å². The van der Waals surface area contributed by atoms with Crippen LogP contribution in [0.4, 0.5) is 5.69 Å². The van der Waals surface area contributed by atoms with E-state index in [2.05, 4.69) is 27.9 Å². The predicted molar refractivity (Wildman–Crippen MR) is 93.8 cm³/mol. The largest absolute Gasteiger partial charge is 0.449 e. The van der Waals surface area contributed by atoms with Crippen LogP contribution in [-0.2, 0) is 9.53 Å². The Hall–Kier alpha value is -1.89. The van der Waals surface area contributed by atoms with E-state index in [-0.39, 0.29) is 5.91 Å². The van der Waals surface area contributed by atoms with Crippen molar-refractivity contribution in [2.75, 3.05) is 5.32 Å². The summed E-state index contributed by atoms with van der Waals surface area (Å²) in [6, 6.07) is 14.5. The third-order valence-electron chi connectivity index (χ3n) is 3.15. The summed E-state index contributed by atoms with van der Waals surface area (Å²) in [5.74, 6) is -0.856. The average Bonchev–Trinajstić information content (AvgIpc) is 2.49. The number of ether oxygens (including phenoxy) is 1. The maximum absolute atomic E-state index is 12.1. The molecule has 0 spiro atoms. The first-order chi connectivity index (χ1) is 10.5. The SMILES string of the molecule is Cc1ccccc1NC(=O)C(C)OC(=O)c1ccccc1I. The summed E-state index contributed by atoms with van der Waals surface area (Å²) >= 11 is 2.06. The number of carbonyl (C=O) groups excluding carboxylic acids is 2. The molecule has 2 rings (SSSR count). The Kier molecular flexibility index (Phi) is 5.54. The van der Waals surface area contributed by atoms with Crippen molar-refractivity contribution >= 4 is 40.2 Å². The molecule has 0 saturated heterocycles. The van der Waals surface area contributed by atoms with E-state index >= 15 is 0 Å². The van der Waals surface area contributed by atoms with Crippen LogP contribution < -0.4 is 5.32 Å². The van der Waals surface area contributed by atoms with Gasteiger partial charge in [0, 0.05) is 9.26 Å². The molecule has 5 heteroatoms. The molecule has 1 amide bonds. The molecule has 0 radical (unpaired) electrons. The molecule has 1 unspecified atom stereocenters. The summed E-state index contributed by atoms with van der Waals surface area (Å²) in [4.78, 5) is 24.2. The molecule has 0 aliphatic heterocycles. The standard InChI is InChI=1S/C17H16INO3/c1-11-7-3-6-10-15(11)19-16(20)12(2)22-17(21)13-8-4-5-9-14(13)18/h3-10,12H,1-2H3,(H,19,20). The van der Waals surface area contributed by atoms with Gasteiger partial charge in [0.25, 0.3) is 5.91 Å². The molecule has 4 nitrogen and oxygen atoms in total. The molecule has 22 heavy (non-hydrogen) atoms. The third kappa shape index (κ3) is 4.07. The third-order valence-corrected chi connectivity index (χ3v) is 4.09. The minimum absolute atomic E-state index is 0.353. The van der Waals surface area contributed by atoms with Gasteiger partial charge in [0.2, 0.25) is 0 Å². The Morgan fingerprint density at radius 3 is 2.41 bits per heavy atom. The van der Waals surface area contributed by atoms with E-state index in [4.69, 9.17) is 4.74 Å². The summed E-state index contributed by atoms with van der Waals surface area (Å²) in [6.07, 6.45) is -0.872. The van der Waals surface area contributed by atoms with E-state index in [9.17, 15) is 9.59 Å². The van der Waals surface area contributed by atoms with Crippen LogP contribution in [-0.4, -0.2) is 18.0 Å². The van der Waals surface area contributed by atoms with Crippen molar-refractivity contribution in [2.24, 2.45) is 0 Å². The summed E-state index contributed by atoms with van der Waals surface area (Å²) in [5.41, 5.74) is 2.12. The van der Waals surface area contributed by atoms with Crippen molar-refractivity contribution < 1.29 is 14.3 Å². The lowest BCUT2D eigenvalue weighted by Gasteiger charge is -2.15. The van der Waals surface area contributed by atoms with Gasteiger partial charge >= 0.3 is 5.97 Å². The van der Waals surface area contributed by atoms with Gasteiger partial charge in [-0.05, 0) is 60.2 Å². The van der Waals surface area contributed by atoms with Crippen LogP contribution >= 0.6 is 22.6 Å². The first-order valence-electron chi connectivity index (χ1n) is 6.81. The monoisotopic (exact) mass is 409 g/mol. The van der Waals surface area contributed by atoms with Gasteiger partial charge in [0.15, 0.2) is 6.10 Å². The lowest BCUT2D eigenvalue weighted by atomic mass is 10.2. The minimum Gasteiger partial charge on any atom is -0.449 e. The average molecular weight is 409 g/mol. The Morgan fingerprint density at radius 1 is 1.09 bits per heavy atom. The second kappa shape index (κ2) is 7.40. The lowest BCUT2D eigenvalue weighted by molar-refractivity contribution is -0.123. The molecule has 0 aromatic heterocycles. The number of nitrogens with one attached hydrogen (secondary N) is 1. The van der Waals surface area contributed by atoms with Gasteiger partial charge < -0.3 is 10.1 Å². The van der Waals surface area contributed by atoms with Crippen LogP contribution in [0.1, 0.15) is 22.8 Å². The number of halogens is 1. The van der Waals surface area contributed by atoms with E-state index < -0.39 is 12.1 Å². The fraction of sp³-hybridized carbons (Fsp3) is 0.176. The fourth-order valence-corrected chi connectivity index (χ4v) is 2.46. The van der Waals surface area contributed by atoms with Crippen molar-refractivity contribution in [1.82, 2.24) is 0 Å². The maximum atomic E-state index is 12.1. The van der Waals surface area contributed by atoms with Gasteiger partial charge in [-0.2, -0.15) is 0 Å². The summed E-state index contributed by atoms with van der Waals surface area (Å²) in [7, 11) is 0. The number of carbonyl (C=O) groups is 2. The number of rotatable bonds is 4. The highest BCUT2D eigenvalue weighted by molar-refractivity contribution is 14.1. The van der Waals surface area contributed by atoms with Crippen LogP contribution in [0.5, 0.6) is 0 Å². The highest BCUT2D eigenvalue weighted by atomic mass is 127. The van der Waals surface area contributed by atoms with Gasteiger partial charge in [-0.15, -0.1) is 0 Å². The molecular weight excluding hydrogens is 393 g/mol. The van der Waals surface area contributed by atoms with Crippen molar-refractivity contribution in [3.63, 3.8) is 0 Å². The van der Waals surface area contributed by atoms with Gasteiger partial charge in [0.1, 0.15) is 0 Å². The number of anilines is 1. The minimum atomic E-state index is -0.872. The predicted octanol–water partition coefficient (Wildman–Crippen LogP) is 3.78. The Morgan fingerprint density at radius 2 is 1.73 bits per heavy atom. The molecule has 114 valence electrons. The van der Waals surface area contributed by atoms with Crippen LogP contribution in [0.3, 0.4) is 0 Å². The Bertz CT molecular complexity index is 700. The molecule has 2 aromatic carbocycles. The molecule has 0 fully saturated rings. The summed E-state index contributed by atoms with van der Waals surface area (Å²) < 4.78 is 6.02. The smallest absolute Gasteiger partial charge is 0.339 e. The number of aryl methyl sites for hydroxylation is 1. The fourth-order valence-electron chi connectivity index (χ4n) is 1.85. The summed E-state index contributed by atoms with van der Waals surface area (Å²) in [5, 5.41) is 2.76. The van der Waals surface area contributed by atoms with E-state index in [1.54, 1.807) is 19.1 Å². The molecule has 0 saturated carbocycles. The van der Waals surface area contributed by atoms with Gasteiger partial charge in [-0.25, -0.2) is 4.79 Å². The Labute approximate surface area is 143 Å². The number of hydrogen-bond donors (Lipinski definition) is 1. The topological polar surface area (TPSA) is 55.4 Å². The lowest BCUT2D eigenvalue weighted by Crippen LogP contribution is -2.30. The number of hydrogen-bond acceptors (Lipinski definition) is 3. The van der Waals surface area contributed by atoms with Crippen LogP contribution in [0.2, 0.25) is 0 Å². The van der Waals surface area contributed by atoms with E-state index in [0.717, 1.165) is 9.13 Å². The number of benzene rings is 2. The molecule has 1 N–H and O–H groups in total. The zero-order valence-corrected chi connectivity index (χ0v) is 14.5. The molecule has 1 atom stereocenters. The van der Waals surface area contributed by atoms with Crippen molar-refractivity contribution in [1.29, 1.82) is 0 Å². The maximum Gasteiger partial charge on any atom is 0.339 e. The quantitative estimate of drug-likeness (QED) is 0.618. The second-order valence-electron chi connectivity index (χ2n) is 4.83. The van der Waals surface area contributed by atoms with E-state index in [1.165, 1.54) is 0 Å². The second-order valence-corrected chi connectivity index (χ2v) is 5.99. The van der Waals surface area contributed by atoms with Gasteiger partial charge in [-0.3, -0.25) is 4.79 Å². The summed E-state index contributed by atoms with van der Waals surface area (Å²) in [6.45, 7) is 3.46. The first kappa shape index (κ1) is 16.5. The normalized spacial score (nSPS) is 11.6. The molecular formula is C17H16INO3. The number of amides is 1. The van der Waals surface area contributed by atoms with Crippen LogP contribution in [0.15, 0.2) is 48.5 Å². The molecule has 0 aliphatic carbocycles. The van der Waals surface area contributed by atoms with Crippen molar-refractivity contribution in [3.05, 3.63) is 63.2 Å². The zero-order valence-electron chi connectivity index (χ0n) is 12.3.